The Morgan fingerprint density at radius 2 is 2.10 bits per heavy atom. The van der Waals surface area contributed by atoms with Crippen LogP contribution >= 0.6 is 0 Å². The Labute approximate surface area is 127 Å². The van der Waals surface area contributed by atoms with Crippen LogP contribution in [-0.4, -0.2) is 30.4 Å². The van der Waals surface area contributed by atoms with Gasteiger partial charge in [-0.1, -0.05) is 26.0 Å². The molecule has 0 radical (unpaired) electrons. The second-order valence-corrected chi connectivity index (χ2v) is 5.52. The normalized spacial score (nSPS) is 12.4. The maximum absolute atomic E-state index is 12.0. The van der Waals surface area contributed by atoms with Crippen LogP contribution in [0.5, 0.6) is 5.75 Å². The molecule has 0 aliphatic carbocycles. The zero-order valence-corrected chi connectivity index (χ0v) is 13.2. The van der Waals surface area contributed by atoms with E-state index in [0.717, 1.165) is 18.4 Å². The van der Waals surface area contributed by atoms with Gasteiger partial charge < -0.3 is 14.6 Å². The Morgan fingerprint density at radius 3 is 2.71 bits per heavy atom. The van der Waals surface area contributed by atoms with Gasteiger partial charge in [-0.2, -0.15) is 0 Å². The number of benzene rings is 1. The van der Waals surface area contributed by atoms with Crippen molar-refractivity contribution in [3.8, 4) is 5.75 Å². The van der Waals surface area contributed by atoms with Crippen molar-refractivity contribution >= 4 is 5.97 Å². The second kappa shape index (κ2) is 9.40. The summed E-state index contributed by atoms with van der Waals surface area (Å²) in [5, 5.41) is 9.49. The largest absolute Gasteiger partial charge is 0.508 e. The minimum atomic E-state index is -0.612. The van der Waals surface area contributed by atoms with Crippen molar-refractivity contribution in [1.29, 1.82) is 0 Å². The molecule has 4 heteroatoms. The van der Waals surface area contributed by atoms with Crippen LogP contribution in [0.2, 0.25) is 0 Å². The fourth-order valence-electron chi connectivity index (χ4n) is 2.06. The summed E-state index contributed by atoms with van der Waals surface area (Å²) in [6.45, 7) is 6.98. The van der Waals surface area contributed by atoms with E-state index in [1.165, 1.54) is 0 Å². The summed E-state index contributed by atoms with van der Waals surface area (Å²) in [5.41, 5.74) is 0.858. The maximum Gasteiger partial charge on any atom is 0.335 e. The first-order valence-corrected chi connectivity index (χ1v) is 7.59. The van der Waals surface area contributed by atoms with E-state index in [2.05, 4.69) is 13.8 Å². The predicted molar refractivity (Wildman–Crippen MR) is 82.3 cm³/mol. The van der Waals surface area contributed by atoms with E-state index in [4.69, 9.17) is 9.47 Å². The number of rotatable bonds is 9. The lowest BCUT2D eigenvalue weighted by Crippen LogP contribution is -2.29. The van der Waals surface area contributed by atoms with Crippen molar-refractivity contribution in [2.24, 2.45) is 5.92 Å². The maximum atomic E-state index is 12.0. The number of ether oxygens (including phenoxy) is 2. The van der Waals surface area contributed by atoms with Gasteiger partial charge in [-0.05, 0) is 43.4 Å². The van der Waals surface area contributed by atoms with Crippen molar-refractivity contribution in [3.63, 3.8) is 0 Å². The third kappa shape index (κ3) is 7.14. The monoisotopic (exact) mass is 294 g/mol. The summed E-state index contributed by atoms with van der Waals surface area (Å²) in [6.07, 6.45) is 1.79. The zero-order valence-electron chi connectivity index (χ0n) is 13.2. The summed E-state index contributed by atoms with van der Waals surface area (Å²) in [7, 11) is 0. The van der Waals surface area contributed by atoms with E-state index in [1.807, 2.05) is 6.07 Å². The highest BCUT2D eigenvalue weighted by atomic mass is 16.6. The molecule has 0 spiro atoms. The standard InChI is InChI=1S/C17H26O4/c1-4-20-17(19)16(21-10-6-7-13(2)3)12-14-8-5-9-15(18)11-14/h5,8-9,11,13,16,18H,4,6-7,10,12H2,1-3H3. The van der Waals surface area contributed by atoms with Crippen LogP contribution in [0.25, 0.3) is 0 Å². The molecule has 1 aromatic carbocycles. The first-order chi connectivity index (χ1) is 10.0. The molecule has 0 aliphatic rings. The van der Waals surface area contributed by atoms with Crippen molar-refractivity contribution in [1.82, 2.24) is 0 Å². The molecule has 1 rings (SSSR count). The number of phenols is 1. The van der Waals surface area contributed by atoms with Crippen LogP contribution in [0.15, 0.2) is 24.3 Å². The Kier molecular flexibility index (Phi) is 7.83. The summed E-state index contributed by atoms with van der Waals surface area (Å²) in [5.74, 6) is 0.473. The number of hydrogen-bond donors (Lipinski definition) is 1. The lowest BCUT2D eigenvalue weighted by atomic mass is 10.1. The summed E-state index contributed by atoms with van der Waals surface area (Å²) in [4.78, 5) is 12.0. The number of aromatic hydroxyl groups is 1. The molecule has 118 valence electrons. The molecule has 0 amide bonds. The van der Waals surface area contributed by atoms with Gasteiger partial charge in [0.05, 0.1) is 6.61 Å². The number of carbonyl (C=O) groups is 1. The van der Waals surface area contributed by atoms with E-state index in [-0.39, 0.29) is 11.7 Å². The smallest absolute Gasteiger partial charge is 0.335 e. The SMILES string of the molecule is CCOC(=O)C(Cc1cccc(O)c1)OCCCC(C)C. The lowest BCUT2D eigenvalue weighted by Gasteiger charge is -2.17. The molecule has 21 heavy (non-hydrogen) atoms. The fraction of sp³-hybridized carbons (Fsp3) is 0.588. The zero-order chi connectivity index (χ0) is 15.7. The number of esters is 1. The third-order valence-electron chi connectivity index (χ3n) is 3.13. The summed E-state index contributed by atoms with van der Waals surface area (Å²) >= 11 is 0. The number of carbonyl (C=O) groups excluding carboxylic acids is 1. The van der Waals surface area contributed by atoms with Gasteiger partial charge >= 0.3 is 5.97 Å². The average molecular weight is 294 g/mol. The highest BCUT2D eigenvalue weighted by Crippen LogP contribution is 2.15. The van der Waals surface area contributed by atoms with Gasteiger partial charge in [-0.25, -0.2) is 4.79 Å². The van der Waals surface area contributed by atoms with Gasteiger partial charge in [-0.3, -0.25) is 0 Å². The van der Waals surface area contributed by atoms with E-state index in [9.17, 15) is 9.90 Å². The molecule has 1 unspecified atom stereocenters. The molecule has 0 aromatic heterocycles. The molecule has 0 fully saturated rings. The first-order valence-electron chi connectivity index (χ1n) is 7.59. The van der Waals surface area contributed by atoms with E-state index in [0.29, 0.717) is 25.6 Å². The van der Waals surface area contributed by atoms with Crippen molar-refractivity contribution in [2.45, 2.75) is 46.1 Å². The topological polar surface area (TPSA) is 55.8 Å². The fourth-order valence-corrected chi connectivity index (χ4v) is 2.06. The Morgan fingerprint density at radius 1 is 1.33 bits per heavy atom. The number of phenolic OH excluding ortho intramolecular Hbond substituents is 1. The van der Waals surface area contributed by atoms with Gasteiger partial charge in [-0.15, -0.1) is 0 Å². The molecule has 1 aromatic rings. The molecule has 1 N–H and O–H groups in total. The van der Waals surface area contributed by atoms with E-state index < -0.39 is 6.10 Å². The highest BCUT2D eigenvalue weighted by molar-refractivity contribution is 5.75. The minimum Gasteiger partial charge on any atom is -0.508 e. The molecule has 0 aliphatic heterocycles. The van der Waals surface area contributed by atoms with E-state index >= 15 is 0 Å². The van der Waals surface area contributed by atoms with Crippen LogP contribution in [0, 0.1) is 5.92 Å². The number of hydrogen-bond acceptors (Lipinski definition) is 4. The Bertz CT molecular complexity index is 429. The van der Waals surface area contributed by atoms with Crippen molar-refractivity contribution in [3.05, 3.63) is 29.8 Å². The highest BCUT2D eigenvalue weighted by Gasteiger charge is 2.21. The summed E-state index contributed by atoms with van der Waals surface area (Å²) in [6, 6.07) is 6.87. The van der Waals surface area contributed by atoms with Gasteiger partial charge in [0.25, 0.3) is 0 Å². The van der Waals surface area contributed by atoms with Crippen molar-refractivity contribution in [2.75, 3.05) is 13.2 Å². The van der Waals surface area contributed by atoms with Crippen LogP contribution in [0.3, 0.4) is 0 Å². The lowest BCUT2D eigenvalue weighted by molar-refractivity contribution is -0.156. The molecule has 0 saturated carbocycles. The average Bonchev–Trinajstić information content (AvgIpc) is 2.42. The molecule has 0 bridgehead atoms. The van der Waals surface area contributed by atoms with Crippen LogP contribution in [-0.2, 0) is 20.7 Å². The van der Waals surface area contributed by atoms with Crippen LogP contribution < -0.4 is 0 Å². The molecule has 1 atom stereocenters. The Hall–Kier alpha value is -1.55. The molecule has 0 saturated heterocycles. The quantitative estimate of drug-likeness (QED) is 0.561. The third-order valence-corrected chi connectivity index (χ3v) is 3.13. The second-order valence-electron chi connectivity index (χ2n) is 5.52. The predicted octanol–water partition coefficient (Wildman–Crippen LogP) is 3.32. The Balaban J connectivity index is 2.57. The van der Waals surface area contributed by atoms with Gasteiger partial charge in [0.15, 0.2) is 6.10 Å². The molecular weight excluding hydrogens is 268 g/mol. The van der Waals surface area contributed by atoms with Crippen molar-refractivity contribution < 1.29 is 19.4 Å². The van der Waals surface area contributed by atoms with Crippen LogP contribution in [0.1, 0.15) is 39.2 Å². The minimum absolute atomic E-state index is 0.190. The first kappa shape index (κ1) is 17.5. The van der Waals surface area contributed by atoms with Gasteiger partial charge in [0.2, 0.25) is 0 Å². The summed E-state index contributed by atoms with van der Waals surface area (Å²) < 4.78 is 10.8. The van der Waals surface area contributed by atoms with Gasteiger partial charge in [0.1, 0.15) is 5.75 Å². The molecular formula is C17H26O4. The molecule has 0 heterocycles. The van der Waals surface area contributed by atoms with Gasteiger partial charge in [0, 0.05) is 13.0 Å². The molecule has 4 nitrogen and oxygen atoms in total. The van der Waals surface area contributed by atoms with Crippen LogP contribution in [0.4, 0.5) is 0 Å². The van der Waals surface area contributed by atoms with E-state index in [1.54, 1.807) is 25.1 Å².